The average molecular weight is 372 g/mol. The molecule has 4 nitrogen and oxygen atoms in total. The van der Waals surface area contributed by atoms with Gasteiger partial charge < -0.3 is 10.4 Å². The van der Waals surface area contributed by atoms with E-state index < -0.39 is 0 Å². The highest BCUT2D eigenvalue weighted by atomic mass is 16.3. The number of para-hydroxylation sites is 1. The van der Waals surface area contributed by atoms with Crippen molar-refractivity contribution in [2.75, 3.05) is 11.9 Å². The van der Waals surface area contributed by atoms with Gasteiger partial charge in [-0.15, -0.1) is 0 Å². The van der Waals surface area contributed by atoms with Crippen molar-refractivity contribution in [1.29, 1.82) is 0 Å². The van der Waals surface area contributed by atoms with E-state index >= 15 is 0 Å². The molecule has 0 radical (unpaired) electrons. The Hall–Kier alpha value is -2.95. The second-order valence-electron chi connectivity index (χ2n) is 7.16. The molecule has 0 saturated carbocycles. The van der Waals surface area contributed by atoms with Crippen molar-refractivity contribution in [1.82, 2.24) is 4.90 Å². The lowest BCUT2D eigenvalue weighted by atomic mass is 9.94. The molecule has 0 bridgehead atoms. The van der Waals surface area contributed by atoms with Crippen molar-refractivity contribution in [3.63, 3.8) is 0 Å². The van der Waals surface area contributed by atoms with Gasteiger partial charge in [-0.05, 0) is 35.7 Å². The zero-order valence-electron chi connectivity index (χ0n) is 15.7. The summed E-state index contributed by atoms with van der Waals surface area (Å²) in [7, 11) is 0. The number of nitrogens with one attached hydrogen (secondary N) is 1. The molecule has 0 unspecified atom stereocenters. The molecule has 1 fully saturated rings. The van der Waals surface area contributed by atoms with Gasteiger partial charge in [0.15, 0.2) is 0 Å². The Morgan fingerprint density at radius 1 is 1.00 bits per heavy atom. The van der Waals surface area contributed by atoms with Crippen LogP contribution in [0.25, 0.3) is 0 Å². The fourth-order valence-corrected chi connectivity index (χ4v) is 3.70. The first-order valence-electron chi connectivity index (χ1n) is 9.62. The van der Waals surface area contributed by atoms with Crippen molar-refractivity contribution in [3.05, 3.63) is 101 Å². The Morgan fingerprint density at radius 2 is 1.79 bits per heavy atom. The van der Waals surface area contributed by atoms with Crippen molar-refractivity contribution >= 4 is 11.6 Å². The summed E-state index contributed by atoms with van der Waals surface area (Å²) < 4.78 is 0. The maximum Gasteiger partial charge on any atom is 0.255 e. The van der Waals surface area contributed by atoms with Gasteiger partial charge in [0, 0.05) is 35.9 Å². The van der Waals surface area contributed by atoms with E-state index in [0.29, 0.717) is 22.9 Å². The summed E-state index contributed by atoms with van der Waals surface area (Å²) in [4.78, 5) is 15.1. The number of rotatable bonds is 6. The van der Waals surface area contributed by atoms with Gasteiger partial charge in [0.2, 0.25) is 0 Å². The molecule has 0 spiro atoms. The van der Waals surface area contributed by atoms with E-state index in [0.717, 1.165) is 18.7 Å². The molecule has 1 atom stereocenters. The van der Waals surface area contributed by atoms with Crippen molar-refractivity contribution < 1.29 is 9.90 Å². The first-order chi connectivity index (χ1) is 13.7. The second-order valence-corrected chi connectivity index (χ2v) is 7.16. The van der Waals surface area contributed by atoms with Gasteiger partial charge >= 0.3 is 0 Å². The van der Waals surface area contributed by atoms with Crippen LogP contribution in [0.2, 0.25) is 0 Å². The largest absolute Gasteiger partial charge is 0.392 e. The summed E-state index contributed by atoms with van der Waals surface area (Å²) in [5, 5.41) is 12.3. The Kier molecular flexibility index (Phi) is 5.51. The minimum Gasteiger partial charge on any atom is -0.392 e. The van der Waals surface area contributed by atoms with E-state index in [2.05, 4.69) is 40.5 Å². The number of carbonyl (C=O) groups excluding carboxylic acids is 1. The van der Waals surface area contributed by atoms with Crippen molar-refractivity contribution in [2.24, 2.45) is 0 Å². The summed E-state index contributed by atoms with van der Waals surface area (Å²) in [6.45, 7) is 1.79. The number of carbonyl (C=O) groups is 1. The first kappa shape index (κ1) is 18.4. The second kappa shape index (κ2) is 8.38. The number of likely N-dealkylation sites (tertiary alicyclic amines) is 1. The van der Waals surface area contributed by atoms with Crippen LogP contribution in [0.4, 0.5) is 5.69 Å². The number of benzene rings is 3. The molecule has 1 heterocycles. The lowest BCUT2D eigenvalue weighted by Crippen LogP contribution is -2.40. The van der Waals surface area contributed by atoms with Crippen LogP contribution in [0.3, 0.4) is 0 Å². The number of hydrogen-bond donors (Lipinski definition) is 2. The van der Waals surface area contributed by atoms with Gasteiger partial charge in [-0.25, -0.2) is 0 Å². The van der Waals surface area contributed by atoms with Gasteiger partial charge in [0.25, 0.3) is 5.91 Å². The molecular weight excluding hydrogens is 348 g/mol. The molecule has 1 aliphatic heterocycles. The summed E-state index contributed by atoms with van der Waals surface area (Å²) >= 11 is 0. The molecule has 3 aromatic carbocycles. The molecule has 3 aromatic rings. The molecule has 28 heavy (non-hydrogen) atoms. The molecule has 1 aliphatic rings. The quantitative estimate of drug-likeness (QED) is 0.675. The summed E-state index contributed by atoms with van der Waals surface area (Å²) in [6, 6.07) is 26.1. The normalized spacial score (nSPS) is 16.4. The molecule has 2 N–H and O–H groups in total. The Balaban J connectivity index is 1.45. The highest BCUT2D eigenvalue weighted by molar-refractivity contribution is 6.04. The maximum atomic E-state index is 12.7. The summed E-state index contributed by atoms with van der Waals surface area (Å²) in [5.74, 6) is -0.161. The van der Waals surface area contributed by atoms with Crippen LogP contribution < -0.4 is 5.32 Å². The van der Waals surface area contributed by atoms with Crippen LogP contribution in [-0.4, -0.2) is 22.5 Å². The van der Waals surface area contributed by atoms with E-state index in [1.165, 1.54) is 12.0 Å². The molecule has 142 valence electrons. The zero-order valence-corrected chi connectivity index (χ0v) is 15.7. The third-order valence-electron chi connectivity index (χ3n) is 5.33. The molecule has 0 aromatic heterocycles. The van der Waals surface area contributed by atoms with Crippen molar-refractivity contribution in [2.45, 2.75) is 25.6 Å². The maximum absolute atomic E-state index is 12.7. The number of anilines is 1. The third-order valence-corrected chi connectivity index (χ3v) is 5.33. The van der Waals surface area contributed by atoms with Crippen LogP contribution in [-0.2, 0) is 13.2 Å². The fourth-order valence-electron chi connectivity index (χ4n) is 3.70. The third kappa shape index (κ3) is 3.98. The van der Waals surface area contributed by atoms with Crippen LogP contribution >= 0.6 is 0 Å². The lowest BCUT2D eigenvalue weighted by Gasteiger charge is -2.41. The molecule has 1 amide bonds. The predicted molar refractivity (Wildman–Crippen MR) is 111 cm³/mol. The number of aliphatic hydroxyl groups is 1. The number of aliphatic hydroxyl groups excluding tert-OH is 1. The smallest absolute Gasteiger partial charge is 0.255 e. The first-order valence-corrected chi connectivity index (χ1v) is 9.62. The zero-order chi connectivity index (χ0) is 19.3. The van der Waals surface area contributed by atoms with E-state index in [9.17, 15) is 9.90 Å². The van der Waals surface area contributed by atoms with Crippen LogP contribution in [0.15, 0.2) is 78.9 Å². The van der Waals surface area contributed by atoms with E-state index in [1.54, 1.807) is 12.1 Å². The Morgan fingerprint density at radius 3 is 2.54 bits per heavy atom. The van der Waals surface area contributed by atoms with E-state index in [1.807, 2.05) is 36.4 Å². The minimum atomic E-state index is -0.161. The van der Waals surface area contributed by atoms with Crippen molar-refractivity contribution in [3.8, 4) is 0 Å². The molecule has 4 rings (SSSR count). The average Bonchev–Trinajstić information content (AvgIpc) is 2.72. The van der Waals surface area contributed by atoms with Gasteiger partial charge in [-0.1, -0.05) is 60.7 Å². The number of hydrogen-bond acceptors (Lipinski definition) is 3. The standard InChI is InChI=1S/C24H24N2O2/c27-17-21-10-4-5-12-22(21)25-24(28)20-11-6-7-18(15-20)16-26-14-13-23(26)19-8-2-1-3-9-19/h1-12,15,23,27H,13-14,16-17H2,(H,25,28)/t23-/m0/s1. The number of amides is 1. The number of nitrogens with zero attached hydrogens (tertiary/aromatic N) is 1. The van der Waals surface area contributed by atoms with Gasteiger partial charge in [0.05, 0.1) is 6.61 Å². The summed E-state index contributed by atoms with van der Waals surface area (Å²) in [5.41, 5.74) is 4.46. The van der Waals surface area contributed by atoms with E-state index in [4.69, 9.17) is 0 Å². The minimum absolute atomic E-state index is 0.105. The van der Waals surface area contributed by atoms with Gasteiger partial charge in [0.1, 0.15) is 0 Å². The molecule has 1 saturated heterocycles. The Labute approximate surface area is 165 Å². The van der Waals surface area contributed by atoms with Gasteiger partial charge in [-0.2, -0.15) is 0 Å². The molecular formula is C24H24N2O2. The van der Waals surface area contributed by atoms with Crippen LogP contribution in [0, 0.1) is 0 Å². The molecule has 0 aliphatic carbocycles. The summed E-state index contributed by atoms with van der Waals surface area (Å²) in [6.07, 6.45) is 1.17. The monoisotopic (exact) mass is 372 g/mol. The molecule has 4 heteroatoms. The highest BCUT2D eigenvalue weighted by Gasteiger charge is 2.29. The SMILES string of the molecule is O=C(Nc1ccccc1CO)c1cccc(CN2CC[C@H]2c2ccccc2)c1. The topological polar surface area (TPSA) is 52.6 Å². The van der Waals surface area contributed by atoms with Crippen LogP contribution in [0.5, 0.6) is 0 Å². The highest BCUT2D eigenvalue weighted by Crippen LogP contribution is 2.34. The fraction of sp³-hybridized carbons (Fsp3) is 0.208. The van der Waals surface area contributed by atoms with E-state index in [-0.39, 0.29) is 12.5 Å². The lowest BCUT2D eigenvalue weighted by molar-refractivity contribution is 0.0818. The van der Waals surface area contributed by atoms with Crippen LogP contribution in [0.1, 0.15) is 39.5 Å². The Bertz CT molecular complexity index is 956. The predicted octanol–water partition coefficient (Wildman–Crippen LogP) is 4.38. The van der Waals surface area contributed by atoms with Gasteiger partial charge in [-0.3, -0.25) is 9.69 Å².